The molecule has 0 spiro atoms. The molecule has 0 unspecified atom stereocenters. The number of carbonyl (C=O) groups excluding carboxylic acids is 1. The fourth-order valence-electron chi connectivity index (χ4n) is 2.82. The van der Waals surface area contributed by atoms with E-state index in [1.807, 2.05) is 31.2 Å². The highest BCUT2D eigenvalue weighted by Gasteiger charge is 2.10. The number of hydrogen-bond acceptors (Lipinski definition) is 4. The summed E-state index contributed by atoms with van der Waals surface area (Å²) in [7, 11) is 0. The highest BCUT2D eigenvalue weighted by atomic mass is 32.1. The predicted molar refractivity (Wildman–Crippen MR) is 131 cm³/mol. The van der Waals surface area contributed by atoms with E-state index in [1.165, 1.54) is 25.7 Å². The minimum Gasteiger partial charge on any atom is -0.494 e. The lowest BCUT2D eigenvalue weighted by atomic mass is 10.2. The molecule has 0 saturated carbocycles. The van der Waals surface area contributed by atoms with Crippen molar-refractivity contribution in [3.05, 3.63) is 66.2 Å². The number of carbonyl (C=O) groups is 1. The van der Waals surface area contributed by atoms with Crippen LogP contribution in [0.5, 0.6) is 11.5 Å². The summed E-state index contributed by atoms with van der Waals surface area (Å²) in [6, 6.07) is 14.5. The van der Waals surface area contributed by atoms with E-state index in [1.54, 1.807) is 24.3 Å². The van der Waals surface area contributed by atoms with Crippen LogP contribution in [0.4, 0.5) is 5.69 Å². The maximum Gasteiger partial charge on any atom is 0.257 e. The monoisotopic (exact) mass is 440 g/mol. The van der Waals surface area contributed by atoms with Crippen molar-refractivity contribution in [1.82, 2.24) is 5.32 Å². The predicted octanol–water partition coefficient (Wildman–Crippen LogP) is 6.12. The maximum absolute atomic E-state index is 12.5. The second-order valence-electron chi connectivity index (χ2n) is 7.44. The van der Waals surface area contributed by atoms with Crippen molar-refractivity contribution in [3.8, 4) is 11.5 Å². The zero-order valence-corrected chi connectivity index (χ0v) is 19.2. The van der Waals surface area contributed by atoms with Gasteiger partial charge in [-0.3, -0.25) is 10.1 Å². The van der Waals surface area contributed by atoms with Crippen LogP contribution in [0, 0.1) is 0 Å². The SMILES string of the molecule is C=C(C)COc1ccccc1NC(=S)NC(=O)c1ccc(OCCCCCCC)cc1. The summed E-state index contributed by atoms with van der Waals surface area (Å²) < 4.78 is 11.5. The fourth-order valence-corrected chi connectivity index (χ4v) is 3.03. The van der Waals surface area contributed by atoms with Gasteiger partial charge in [0.15, 0.2) is 5.11 Å². The van der Waals surface area contributed by atoms with Crippen molar-refractivity contribution >= 4 is 28.9 Å². The lowest BCUT2D eigenvalue weighted by molar-refractivity contribution is 0.0977. The van der Waals surface area contributed by atoms with Gasteiger partial charge in [0.1, 0.15) is 18.1 Å². The van der Waals surface area contributed by atoms with Crippen molar-refractivity contribution in [2.75, 3.05) is 18.5 Å². The van der Waals surface area contributed by atoms with Gasteiger partial charge < -0.3 is 14.8 Å². The smallest absolute Gasteiger partial charge is 0.257 e. The molecule has 0 fully saturated rings. The molecule has 0 heterocycles. The number of unbranched alkanes of at least 4 members (excludes halogenated alkanes) is 4. The number of para-hydroxylation sites is 2. The van der Waals surface area contributed by atoms with Crippen LogP contribution in [0.1, 0.15) is 56.3 Å². The lowest BCUT2D eigenvalue weighted by Gasteiger charge is -2.14. The second-order valence-corrected chi connectivity index (χ2v) is 7.85. The number of ether oxygens (including phenoxy) is 2. The molecule has 2 aromatic rings. The van der Waals surface area contributed by atoms with Crippen LogP contribution in [0.15, 0.2) is 60.7 Å². The Labute approximate surface area is 190 Å². The zero-order valence-electron chi connectivity index (χ0n) is 18.4. The molecule has 2 aromatic carbocycles. The summed E-state index contributed by atoms with van der Waals surface area (Å²) in [4.78, 5) is 12.5. The van der Waals surface area contributed by atoms with Crippen LogP contribution < -0.4 is 20.1 Å². The Bertz CT molecular complexity index is 865. The van der Waals surface area contributed by atoms with Gasteiger partial charge in [0.05, 0.1) is 12.3 Å². The van der Waals surface area contributed by atoms with E-state index < -0.39 is 0 Å². The molecule has 0 aliphatic heterocycles. The summed E-state index contributed by atoms with van der Waals surface area (Å²) in [5, 5.41) is 5.91. The van der Waals surface area contributed by atoms with Crippen LogP contribution in [-0.2, 0) is 0 Å². The van der Waals surface area contributed by atoms with E-state index >= 15 is 0 Å². The van der Waals surface area contributed by atoms with Crippen molar-refractivity contribution in [2.45, 2.75) is 46.0 Å². The highest BCUT2D eigenvalue weighted by molar-refractivity contribution is 7.80. The molecule has 2 rings (SSSR count). The lowest BCUT2D eigenvalue weighted by Crippen LogP contribution is -2.34. The number of hydrogen-bond donors (Lipinski definition) is 2. The number of benzene rings is 2. The van der Waals surface area contributed by atoms with Crippen molar-refractivity contribution < 1.29 is 14.3 Å². The summed E-state index contributed by atoms with van der Waals surface area (Å²) in [5.41, 5.74) is 2.09. The molecule has 5 nitrogen and oxygen atoms in total. The molecule has 0 aliphatic rings. The standard InChI is InChI=1S/C25H32N2O3S/c1-4-5-6-7-10-17-29-21-15-13-20(14-16-21)24(28)27-25(31)26-22-11-8-9-12-23(22)30-18-19(2)3/h8-9,11-16H,2,4-7,10,17-18H2,1,3H3,(H2,26,27,28,31). The van der Waals surface area contributed by atoms with Gasteiger partial charge in [-0.05, 0) is 67.5 Å². The Kier molecular flexibility index (Phi) is 10.6. The van der Waals surface area contributed by atoms with Crippen molar-refractivity contribution in [3.63, 3.8) is 0 Å². The molecular weight excluding hydrogens is 408 g/mol. The number of thiocarbonyl (C=S) groups is 1. The van der Waals surface area contributed by atoms with Crippen LogP contribution >= 0.6 is 12.2 Å². The third-order valence-corrected chi connectivity index (χ3v) is 4.67. The Morgan fingerprint density at radius 1 is 1.00 bits per heavy atom. The minimum absolute atomic E-state index is 0.198. The molecule has 0 atom stereocenters. The van der Waals surface area contributed by atoms with Crippen LogP contribution in [0.2, 0.25) is 0 Å². The van der Waals surface area contributed by atoms with E-state index in [4.69, 9.17) is 21.7 Å². The molecule has 0 bridgehead atoms. The first-order valence-corrected chi connectivity index (χ1v) is 11.1. The Hall–Kier alpha value is -2.86. The van der Waals surface area contributed by atoms with E-state index in [9.17, 15) is 4.79 Å². The molecule has 0 saturated heterocycles. The van der Waals surface area contributed by atoms with Gasteiger partial charge >= 0.3 is 0 Å². The molecule has 31 heavy (non-hydrogen) atoms. The first-order valence-electron chi connectivity index (χ1n) is 10.7. The Morgan fingerprint density at radius 2 is 1.71 bits per heavy atom. The Balaban J connectivity index is 1.82. The van der Waals surface area contributed by atoms with Gasteiger partial charge in [-0.2, -0.15) is 0 Å². The summed E-state index contributed by atoms with van der Waals surface area (Å²) in [6.07, 6.45) is 5.98. The van der Waals surface area contributed by atoms with Gasteiger partial charge in [0.25, 0.3) is 5.91 Å². The fraction of sp³-hybridized carbons (Fsp3) is 0.360. The number of nitrogens with one attached hydrogen (secondary N) is 2. The minimum atomic E-state index is -0.288. The average molecular weight is 441 g/mol. The number of rotatable bonds is 12. The quantitative estimate of drug-likeness (QED) is 0.237. The van der Waals surface area contributed by atoms with Gasteiger partial charge in [-0.1, -0.05) is 51.3 Å². The maximum atomic E-state index is 12.5. The Morgan fingerprint density at radius 3 is 2.42 bits per heavy atom. The van der Waals surface area contributed by atoms with E-state index in [-0.39, 0.29) is 11.0 Å². The molecule has 0 aromatic heterocycles. The molecule has 166 valence electrons. The highest BCUT2D eigenvalue weighted by Crippen LogP contribution is 2.24. The molecule has 1 amide bonds. The topological polar surface area (TPSA) is 59.6 Å². The van der Waals surface area contributed by atoms with Gasteiger partial charge in [-0.25, -0.2) is 0 Å². The van der Waals surface area contributed by atoms with Crippen molar-refractivity contribution in [1.29, 1.82) is 0 Å². The molecular formula is C25H32N2O3S. The molecule has 0 radical (unpaired) electrons. The third kappa shape index (κ3) is 9.22. The van der Waals surface area contributed by atoms with E-state index in [0.29, 0.717) is 30.2 Å². The van der Waals surface area contributed by atoms with Crippen LogP contribution in [0.25, 0.3) is 0 Å². The summed E-state index contributed by atoms with van der Waals surface area (Å²) >= 11 is 5.29. The average Bonchev–Trinajstić information content (AvgIpc) is 2.75. The van der Waals surface area contributed by atoms with Gasteiger partial charge in [0.2, 0.25) is 0 Å². The molecule has 6 heteroatoms. The van der Waals surface area contributed by atoms with Gasteiger partial charge in [0, 0.05) is 5.56 Å². The van der Waals surface area contributed by atoms with Crippen LogP contribution in [-0.4, -0.2) is 24.2 Å². The normalized spacial score (nSPS) is 10.3. The largest absolute Gasteiger partial charge is 0.494 e. The zero-order chi connectivity index (χ0) is 22.5. The van der Waals surface area contributed by atoms with Gasteiger partial charge in [-0.15, -0.1) is 0 Å². The second kappa shape index (κ2) is 13.4. The van der Waals surface area contributed by atoms with E-state index in [2.05, 4.69) is 24.1 Å². The van der Waals surface area contributed by atoms with Crippen molar-refractivity contribution in [2.24, 2.45) is 0 Å². The summed E-state index contributed by atoms with van der Waals surface area (Å²) in [6.45, 7) is 9.03. The number of anilines is 1. The molecule has 2 N–H and O–H groups in total. The number of amides is 1. The third-order valence-electron chi connectivity index (χ3n) is 4.47. The first kappa shape index (κ1) is 24.4. The van der Waals surface area contributed by atoms with Crippen LogP contribution in [0.3, 0.4) is 0 Å². The first-order chi connectivity index (χ1) is 15.0. The van der Waals surface area contributed by atoms with E-state index in [0.717, 1.165) is 17.7 Å². The molecule has 0 aliphatic carbocycles. The summed E-state index contributed by atoms with van der Waals surface area (Å²) in [5.74, 6) is 1.11.